The molecule has 0 unspecified atom stereocenters. The second kappa shape index (κ2) is 5.00. The molecule has 1 aliphatic heterocycles. The van der Waals surface area contributed by atoms with E-state index in [1.807, 2.05) is 33.8 Å². The van der Waals surface area contributed by atoms with Crippen LogP contribution in [0.3, 0.4) is 0 Å². The van der Waals surface area contributed by atoms with E-state index < -0.39 is 24.1 Å². The maximum atomic E-state index is 14.1. The zero-order valence-corrected chi connectivity index (χ0v) is 12.0. The van der Waals surface area contributed by atoms with Gasteiger partial charge >= 0.3 is 7.12 Å². The predicted octanol–water partition coefficient (Wildman–Crippen LogP) is 2.90. The lowest BCUT2D eigenvalue weighted by molar-refractivity contribution is 0.00578. The largest absolute Gasteiger partial charge is 0.490 e. The third-order valence-corrected chi connectivity index (χ3v) is 3.69. The highest BCUT2D eigenvalue weighted by Gasteiger charge is 2.50. The average molecular weight is 274 g/mol. The Balaban J connectivity index is 2.17. The van der Waals surface area contributed by atoms with Crippen LogP contribution in [0.15, 0.2) is 24.3 Å². The van der Waals surface area contributed by atoms with Crippen molar-refractivity contribution in [2.45, 2.75) is 38.9 Å². The Labute approximate surface area is 118 Å². The molecule has 2 rings (SSSR count). The Bertz CT molecular complexity index is 560. The van der Waals surface area contributed by atoms with Gasteiger partial charge in [0.05, 0.1) is 22.5 Å². The van der Waals surface area contributed by atoms with Crippen molar-refractivity contribution in [3.63, 3.8) is 0 Å². The molecule has 1 aromatic rings. The van der Waals surface area contributed by atoms with Crippen molar-refractivity contribution >= 4 is 12.9 Å². The van der Waals surface area contributed by atoms with Gasteiger partial charge < -0.3 is 9.31 Å². The van der Waals surface area contributed by atoms with E-state index in [2.05, 4.69) is 4.98 Å². The van der Waals surface area contributed by atoms with Crippen molar-refractivity contribution < 1.29 is 13.7 Å². The SMILES string of the molecule is CC1(C)OB(/C=C(\F)c2ccc(C#N)cn2)OC1(C)C. The van der Waals surface area contributed by atoms with Crippen molar-refractivity contribution in [3.8, 4) is 6.07 Å². The predicted molar refractivity (Wildman–Crippen MR) is 74.1 cm³/mol. The van der Waals surface area contributed by atoms with Crippen LogP contribution in [0.1, 0.15) is 39.0 Å². The second-order valence-electron chi connectivity index (χ2n) is 5.68. The van der Waals surface area contributed by atoms with E-state index in [9.17, 15) is 4.39 Å². The molecule has 104 valence electrons. The molecule has 0 saturated carbocycles. The molecule has 1 aromatic heterocycles. The van der Waals surface area contributed by atoms with Gasteiger partial charge in [-0.25, -0.2) is 4.39 Å². The lowest BCUT2D eigenvalue weighted by Gasteiger charge is -2.32. The van der Waals surface area contributed by atoms with E-state index in [1.54, 1.807) is 0 Å². The maximum Gasteiger partial charge on any atom is 0.490 e. The van der Waals surface area contributed by atoms with Crippen LogP contribution < -0.4 is 0 Å². The van der Waals surface area contributed by atoms with Gasteiger partial charge in [-0.1, -0.05) is 0 Å². The molecular weight excluding hydrogens is 258 g/mol. The summed E-state index contributed by atoms with van der Waals surface area (Å²) in [6.45, 7) is 7.61. The van der Waals surface area contributed by atoms with Crippen LogP contribution in [0, 0.1) is 11.3 Å². The fraction of sp³-hybridized carbons (Fsp3) is 0.429. The van der Waals surface area contributed by atoms with Crippen molar-refractivity contribution in [3.05, 3.63) is 35.6 Å². The van der Waals surface area contributed by atoms with Crippen LogP contribution in [-0.4, -0.2) is 23.3 Å². The minimum Gasteiger partial charge on any atom is -0.400 e. The summed E-state index contributed by atoms with van der Waals surface area (Å²) in [6, 6.07) is 4.90. The topological polar surface area (TPSA) is 55.1 Å². The number of nitriles is 1. The molecular formula is C14H16BFN2O2. The highest BCUT2D eigenvalue weighted by molar-refractivity contribution is 6.53. The van der Waals surface area contributed by atoms with Gasteiger partial charge in [-0.05, 0) is 45.8 Å². The van der Waals surface area contributed by atoms with E-state index >= 15 is 0 Å². The molecule has 0 atom stereocenters. The molecule has 0 bridgehead atoms. The standard InChI is InChI=1S/C14H16BFN2O2/c1-13(2)14(3,4)20-15(19-13)7-11(16)12-6-5-10(8-17)9-18-12/h5-7,9H,1-4H3/b11-7-. The van der Waals surface area contributed by atoms with Crippen molar-refractivity contribution in [2.24, 2.45) is 0 Å². The van der Waals surface area contributed by atoms with Crippen LogP contribution in [0.25, 0.3) is 5.83 Å². The molecule has 4 nitrogen and oxygen atoms in total. The number of hydrogen-bond acceptors (Lipinski definition) is 4. The van der Waals surface area contributed by atoms with Crippen molar-refractivity contribution in [1.82, 2.24) is 4.98 Å². The molecule has 0 aromatic carbocycles. The molecule has 0 aliphatic carbocycles. The van der Waals surface area contributed by atoms with E-state index in [1.165, 1.54) is 24.3 Å². The molecule has 0 amide bonds. The summed E-state index contributed by atoms with van der Waals surface area (Å²) in [5.41, 5.74) is -0.477. The molecule has 0 spiro atoms. The minimum absolute atomic E-state index is 0.152. The maximum absolute atomic E-state index is 14.1. The first-order valence-corrected chi connectivity index (χ1v) is 6.35. The highest BCUT2D eigenvalue weighted by Crippen LogP contribution is 2.37. The Morgan fingerprint density at radius 2 is 1.90 bits per heavy atom. The van der Waals surface area contributed by atoms with E-state index in [-0.39, 0.29) is 5.69 Å². The molecule has 6 heteroatoms. The molecule has 0 radical (unpaired) electrons. The summed E-state index contributed by atoms with van der Waals surface area (Å²) < 4.78 is 25.4. The first kappa shape index (κ1) is 14.7. The molecule has 1 aliphatic rings. The monoisotopic (exact) mass is 274 g/mol. The van der Waals surface area contributed by atoms with E-state index in [0.29, 0.717) is 5.56 Å². The number of pyridine rings is 1. The number of rotatable bonds is 2. The van der Waals surface area contributed by atoms with E-state index in [4.69, 9.17) is 14.6 Å². The summed E-state index contributed by atoms with van der Waals surface area (Å²) in [5.74, 6) is 0.721. The summed E-state index contributed by atoms with van der Waals surface area (Å²) in [6.07, 6.45) is 1.33. The summed E-state index contributed by atoms with van der Waals surface area (Å²) in [7, 11) is -0.752. The highest BCUT2D eigenvalue weighted by atomic mass is 19.1. The fourth-order valence-corrected chi connectivity index (χ4v) is 1.76. The zero-order chi connectivity index (χ0) is 15.0. The number of nitrogens with zero attached hydrogens (tertiary/aromatic N) is 2. The van der Waals surface area contributed by atoms with Gasteiger partial charge in [0.25, 0.3) is 0 Å². The van der Waals surface area contributed by atoms with Gasteiger partial charge in [0.15, 0.2) is 0 Å². The van der Waals surface area contributed by atoms with Crippen LogP contribution >= 0.6 is 0 Å². The Hall–Kier alpha value is -1.71. The number of hydrogen-bond donors (Lipinski definition) is 0. The van der Waals surface area contributed by atoms with Crippen molar-refractivity contribution in [1.29, 1.82) is 5.26 Å². The van der Waals surface area contributed by atoms with Gasteiger partial charge in [-0.15, -0.1) is 0 Å². The molecule has 0 N–H and O–H groups in total. The van der Waals surface area contributed by atoms with Gasteiger partial charge in [0.1, 0.15) is 11.9 Å². The van der Waals surface area contributed by atoms with Gasteiger partial charge in [-0.2, -0.15) is 5.26 Å². The third kappa shape index (κ3) is 2.74. The molecule has 1 fully saturated rings. The lowest BCUT2D eigenvalue weighted by atomic mass is 9.89. The Morgan fingerprint density at radius 3 is 2.35 bits per heavy atom. The third-order valence-electron chi connectivity index (χ3n) is 3.69. The van der Waals surface area contributed by atoms with Gasteiger partial charge in [0, 0.05) is 6.20 Å². The Morgan fingerprint density at radius 1 is 1.30 bits per heavy atom. The molecule has 1 saturated heterocycles. The second-order valence-corrected chi connectivity index (χ2v) is 5.68. The van der Waals surface area contributed by atoms with Crippen LogP contribution in [0.2, 0.25) is 0 Å². The number of aromatic nitrogens is 1. The fourth-order valence-electron chi connectivity index (χ4n) is 1.76. The Kier molecular flexibility index (Phi) is 3.68. The smallest absolute Gasteiger partial charge is 0.400 e. The van der Waals surface area contributed by atoms with E-state index in [0.717, 1.165) is 0 Å². The zero-order valence-electron chi connectivity index (χ0n) is 12.0. The minimum atomic E-state index is -0.752. The normalized spacial score (nSPS) is 20.8. The van der Waals surface area contributed by atoms with Gasteiger partial charge in [0.2, 0.25) is 0 Å². The summed E-state index contributed by atoms with van der Waals surface area (Å²) in [5, 5.41) is 8.67. The van der Waals surface area contributed by atoms with Crippen LogP contribution in [0.5, 0.6) is 0 Å². The van der Waals surface area contributed by atoms with Crippen molar-refractivity contribution in [2.75, 3.05) is 0 Å². The molecule has 2 heterocycles. The number of halogens is 1. The van der Waals surface area contributed by atoms with Crippen LogP contribution in [0.4, 0.5) is 4.39 Å². The van der Waals surface area contributed by atoms with Crippen LogP contribution in [-0.2, 0) is 9.31 Å². The first-order valence-electron chi connectivity index (χ1n) is 6.35. The van der Waals surface area contributed by atoms with Gasteiger partial charge in [-0.3, -0.25) is 4.98 Å². The average Bonchev–Trinajstić information content (AvgIpc) is 2.57. The summed E-state index contributed by atoms with van der Waals surface area (Å²) >= 11 is 0. The summed E-state index contributed by atoms with van der Waals surface area (Å²) in [4.78, 5) is 3.89. The molecule has 20 heavy (non-hydrogen) atoms. The quantitative estimate of drug-likeness (QED) is 0.778. The first-order chi connectivity index (χ1) is 9.25. The lowest BCUT2D eigenvalue weighted by Crippen LogP contribution is -2.41.